The van der Waals surface area contributed by atoms with Crippen molar-refractivity contribution in [3.8, 4) is 5.75 Å². The van der Waals surface area contributed by atoms with Crippen molar-refractivity contribution in [1.29, 1.82) is 0 Å². The van der Waals surface area contributed by atoms with E-state index < -0.39 is 6.36 Å². The van der Waals surface area contributed by atoms with Crippen LogP contribution in [0.5, 0.6) is 5.75 Å². The summed E-state index contributed by atoms with van der Waals surface area (Å²) in [6.45, 7) is 1.25. The normalized spacial score (nSPS) is 16.7. The zero-order valence-electron chi connectivity index (χ0n) is 17.1. The first-order valence-electron chi connectivity index (χ1n) is 10.5. The second kappa shape index (κ2) is 9.33. The number of benzene rings is 3. The molecule has 1 atom stereocenters. The number of hydrogen-bond acceptors (Lipinski definition) is 3. The van der Waals surface area contributed by atoms with Gasteiger partial charge in [-0.25, -0.2) is 0 Å². The molecule has 31 heavy (non-hydrogen) atoms. The van der Waals surface area contributed by atoms with Crippen LogP contribution in [0.25, 0.3) is 0 Å². The zero-order chi connectivity index (χ0) is 21.7. The van der Waals surface area contributed by atoms with Crippen LogP contribution in [-0.2, 0) is 6.54 Å². The summed E-state index contributed by atoms with van der Waals surface area (Å²) in [6.07, 6.45) is -1.30. The molecule has 3 aromatic rings. The highest BCUT2D eigenvalue weighted by Crippen LogP contribution is 2.36. The van der Waals surface area contributed by atoms with Crippen molar-refractivity contribution >= 4 is 11.4 Å². The minimum absolute atomic E-state index is 0.179. The van der Waals surface area contributed by atoms with Gasteiger partial charge in [0.15, 0.2) is 0 Å². The van der Waals surface area contributed by atoms with Gasteiger partial charge >= 0.3 is 6.36 Å². The highest BCUT2D eigenvalue weighted by atomic mass is 19.4. The summed E-state index contributed by atoms with van der Waals surface area (Å²) < 4.78 is 42.2. The smallest absolute Gasteiger partial charge is 0.405 e. The Morgan fingerprint density at radius 1 is 0.903 bits per heavy atom. The number of nitrogens with zero attached hydrogens (tertiary/aromatic N) is 1. The van der Waals surface area contributed by atoms with E-state index in [4.69, 9.17) is 0 Å². The first-order chi connectivity index (χ1) is 15.0. The molecular formula is C25H25F3N2O. The lowest BCUT2D eigenvalue weighted by Gasteiger charge is -2.38. The largest absolute Gasteiger partial charge is 0.573 e. The van der Waals surface area contributed by atoms with Crippen molar-refractivity contribution in [2.75, 3.05) is 16.8 Å². The lowest BCUT2D eigenvalue weighted by molar-refractivity contribution is -0.274. The third kappa shape index (κ3) is 5.51. The van der Waals surface area contributed by atoms with Crippen LogP contribution in [0.2, 0.25) is 0 Å². The van der Waals surface area contributed by atoms with Crippen LogP contribution in [0.3, 0.4) is 0 Å². The number of para-hydroxylation sites is 2. The molecule has 6 heteroatoms. The molecule has 0 aromatic heterocycles. The fourth-order valence-electron chi connectivity index (χ4n) is 4.13. The maximum atomic E-state index is 12.7. The number of nitrogens with one attached hydrogen (secondary N) is 1. The number of hydrogen-bond donors (Lipinski definition) is 1. The average Bonchev–Trinajstić information content (AvgIpc) is 2.78. The van der Waals surface area contributed by atoms with Gasteiger partial charge in [0.25, 0.3) is 0 Å². The Balaban J connectivity index is 1.50. The van der Waals surface area contributed by atoms with E-state index in [2.05, 4.69) is 51.4 Å². The Kier molecular flexibility index (Phi) is 6.35. The number of ether oxygens (including phenoxy) is 1. The van der Waals surface area contributed by atoms with E-state index in [1.165, 1.54) is 36.2 Å². The summed E-state index contributed by atoms with van der Waals surface area (Å²) in [7, 11) is 0. The van der Waals surface area contributed by atoms with Gasteiger partial charge in [-0.05, 0) is 55.2 Å². The molecule has 0 bridgehead atoms. The molecule has 1 aliphatic heterocycles. The van der Waals surface area contributed by atoms with Crippen LogP contribution in [0.1, 0.15) is 36.4 Å². The molecule has 1 saturated heterocycles. The SMILES string of the molecule is FC(F)(F)Oc1ccccc1CNc1cccc([C@@H]2CCCCN2c2ccccc2)c1. The van der Waals surface area contributed by atoms with Crippen molar-refractivity contribution in [1.82, 2.24) is 0 Å². The van der Waals surface area contributed by atoms with Crippen LogP contribution < -0.4 is 15.0 Å². The summed E-state index contributed by atoms with van der Waals surface area (Å²) in [5, 5.41) is 3.26. The Labute approximate surface area is 180 Å². The number of rotatable bonds is 6. The maximum Gasteiger partial charge on any atom is 0.573 e. The van der Waals surface area contributed by atoms with Crippen molar-refractivity contribution in [2.45, 2.75) is 38.2 Å². The van der Waals surface area contributed by atoms with Crippen LogP contribution in [0.15, 0.2) is 78.9 Å². The van der Waals surface area contributed by atoms with Crippen LogP contribution in [0, 0.1) is 0 Å². The van der Waals surface area contributed by atoms with Crippen LogP contribution in [-0.4, -0.2) is 12.9 Å². The molecule has 1 aliphatic rings. The third-order valence-electron chi connectivity index (χ3n) is 5.54. The first-order valence-corrected chi connectivity index (χ1v) is 10.5. The predicted molar refractivity (Wildman–Crippen MR) is 117 cm³/mol. The molecule has 0 spiro atoms. The van der Waals surface area contributed by atoms with Gasteiger partial charge in [-0.3, -0.25) is 0 Å². The Morgan fingerprint density at radius 2 is 1.68 bits per heavy atom. The second-order valence-electron chi connectivity index (χ2n) is 7.68. The fraction of sp³-hybridized carbons (Fsp3) is 0.280. The van der Waals surface area contributed by atoms with E-state index in [-0.39, 0.29) is 18.3 Å². The number of alkyl halides is 3. The minimum atomic E-state index is -4.71. The standard InChI is InChI=1S/C25H25F3N2O/c26-25(27,28)31-24-15-5-4-9-20(24)18-29-21-11-8-10-19(17-21)23-14-6-7-16-30(23)22-12-2-1-3-13-22/h1-5,8-13,15,17,23,29H,6-7,14,16,18H2/t23-/m0/s1. The average molecular weight is 426 g/mol. The molecule has 0 amide bonds. The van der Waals surface area contributed by atoms with Gasteiger partial charge in [0.1, 0.15) is 5.75 Å². The van der Waals surface area contributed by atoms with Gasteiger partial charge in [0.2, 0.25) is 0 Å². The van der Waals surface area contributed by atoms with Gasteiger partial charge < -0.3 is 15.0 Å². The second-order valence-corrected chi connectivity index (χ2v) is 7.68. The molecule has 0 radical (unpaired) electrons. The van der Waals surface area contributed by atoms with Gasteiger partial charge in [-0.1, -0.05) is 48.5 Å². The van der Waals surface area contributed by atoms with Gasteiger partial charge in [0, 0.05) is 30.0 Å². The van der Waals surface area contributed by atoms with E-state index >= 15 is 0 Å². The predicted octanol–water partition coefficient (Wildman–Crippen LogP) is 6.93. The molecule has 0 aliphatic carbocycles. The summed E-state index contributed by atoms with van der Waals surface area (Å²) in [5.74, 6) is -0.179. The van der Waals surface area contributed by atoms with Crippen molar-refractivity contribution < 1.29 is 17.9 Å². The van der Waals surface area contributed by atoms with Crippen LogP contribution >= 0.6 is 0 Å². The summed E-state index contributed by atoms with van der Waals surface area (Å²) in [4.78, 5) is 2.44. The van der Waals surface area contributed by atoms with Gasteiger partial charge in [0.05, 0.1) is 6.04 Å². The number of piperidine rings is 1. The number of anilines is 2. The molecule has 0 unspecified atom stereocenters. The Bertz CT molecular complexity index is 991. The monoisotopic (exact) mass is 426 g/mol. The van der Waals surface area contributed by atoms with E-state index in [9.17, 15) is 13.2 Å². The van der Waals surface area contributed by atoms with E-state index in [0.29, 0.717) is 5.56 Å². The molecule has 1 heterocycles. The first kappa shape index (κ1) is 21.1. The number of halogens is 3. The lowest BCUT2D eigenvalue weighted by atomic mass is 9.94. The molecule has 1 N–H and O–H groups in total. The zero-order valence-corrected chi connectivity index (χ0v) is 17.1. The van der Waals surface area contributed by atoms with Crippen molar-refractivity contribution in [3.05, 3.63) is 90.0 Å². The van der Waals surface area contributed by atoms with Gasteiger partial charge in [-0.2, -0.15) is 0 Å². The quantitative estimate of drug-likeness (QED) is 0.463. The topological polar surface area (TPSA) is 24.5 Å². The Morgan fingerprint density at radius 3 is 2.48 bits per heavy atom. The highest BCUT2D eigenvalue weighted by molar-refractivity contribution is 5.53. The summed E-state index contributed by atoms with van der Waals surface area (Å²) in [5.41, 5.74) is 3.74. The highest BCUT2D eigenvalue weighted by Gasteiger charge is 2.32. The van der Waals surface area contributed by atoms with Gasteiger partial charge in [-0.15, -0.1) is 13.2 Å². The lowest BCUT2D eigenvalue weighted by Crippen LogP contribution is -2.33. The van der Waals surface area contributed by atoms with Crippen molar-refractivity contribution in [3.63, 3.8) is 0 Å². The third-order valence-corrected chi connectivity index (χ3v) is 5.54. The Hall–Kier alpha value is -3.15. The van der Waals surface area contributed by atoms with E-state index in [1.54, 1.807) is 12.1 Å². The van der Waals surface area contributed by atoms with Crippen LogP contribution in [0.4, 0.5) is 24.5 Å². The van der Waals surface area contributed by atoms with E-state index in [0.717, 1.165) is 18.7 Å². The molecule has 162 valence electrons. The molecule has 4 rings (SSSR count). The molecular weight excluding hydrogens is 401 g/mol. The van der Waals surface area contributed by atoms with E-state index in [1.807, 2.05) is 18.2 Å². The summed E-state index contributed by atoms with van der Waals surface area (Å²) >= 11 is 0. The maximum absolute atomic E-state index is 12.7. The molecule has 3 aromatic carbocycles. The fourth-order valence-corrected chi connectivity index (χ4v) is 4.13. The molecule has 1 fully saturated rings. The molecule has 3 nitrogen and oxygen atoms in total. The molecule has 0 saturated carbocycles. The summed E-state index contributed by atoms with van der Waals surface area (Å²) in [6, 6.07) is 25.0. The van der Waals surface area contributed by atoms with Crippen molar-refractivity contribution in [2.24, 2.45) is 0 Å². The minimum Gasteiger partial charge on any atom is -0.405 e.